The van der Waals surface area contributed by atoms with Gasteiger partial charge in [-0.2, -0.15) is 4.31 Å². The Labute approximate surface area is 137 Å². The highest BCUT2D eigenvalue weighted by Gasteiger charge is 2.39. The summed E-state index contributed by atoms with van der Waals surface area (Å²) in [7, 11) is -1.65. The normalized spacial score (nSPS) is 22.6. The summed E-state index contributed by atoms with van der Waals surface area (Å²) in [4.78, 5) is 4.70. The maximum absolute atomic E-state index is 13.0. The third kappa shape index (κ3) is 2.91. The molecule has 0 amide bonds. The van der Waals surface area contributed by atoms with Crippen molar-refractivity contribution in [1.29, 1.82) is 0 Å². The van der Waals surface area contributed by atoms with Gasteiger partial charge in [-0.3, -0.25) is 0 Å². The molecule has 2 heterocycles. The minimum atomic E-state index is -3.54. The van der Waals surface area contributed by atoms with Crippen LogP contribution in [0, 0.1) is 13.8 Å². The van der Waals surface area contributed by atoms with E-state index in [4.69, 9.17) is 5.73 Å². The number of aromatic nitrogens is 2. The number of rotatable bonds is 3. The predicted molar refractivity (Wildman–Crippen MR) is 88.6 cm³/mol. The molecule has 0 aliphatic carbocycles. The van der Waals surface area contributed by atoms with Gasteiger partial charge in [0, 0.05) is 38.3 Å². The summed E-state index contributed by atoms with van der Waals surface area (Å²) in [5.41, 5.74) is 8.73. The van der Waals surface area contributed by atoms with Crippen molar-refractivity contribution in [2.45, 2.75) is 30.7 Å². The lowest BCUT2D eigenvalue weighted by molar-refractivity contribution is 0.469. The summed E-state index contributed by atoms with van der Waals surface area (Å²) in [6.07, 6.45) is 3.61. The first-order valence-corrected chi connectivity index (χ1v) is 9.04. The minimum absolute atomic E-state index is 0.0731. The quantitative estimate of drug-likeness (QED) is 0.913. The molecule has 1 fully saturated rings. The molecule has 0 bridgehead atoms. The van der Waals surface area contributed by atoms with Gasteiger partial charge in [-0.25, -0.2) is 13.4 Å². The van der Waals surface area contributed by atoms with Crippen LogP contribution >= 0.6 is 0 Å². The van der Waals surface area contributed by atoms with Crippen LogP contribution in [0.2, 0.25) is 0 Å². The summed E-state index contributed by atoms with van der Waals surface area (Å²) < 4.78 is 29.3. The average Bonchev–Trinajstić information content (AvgIpc) is 3.07. The van der Waals surface area contributed by atoms with Crippen LogP contribution in [-0.4, -0.2) is 41.4 Å². The smallest absolute Gasteiger partial charge is 0.243 e. The highest BCUT2D eigenvalue weighted by atomic mass is 32.2. The van der Waals surface area contributed by atoms with Gasteiger partial charge in [0.1, 0.15) is 0 Å². The third-order valence-corrected chi connectivity index (χ3v) is 6.37. The van der Waals surface area contributed by atoms with E-state index in [1.54, 1.807) is 12.4 Å². The van der Waals surface area contributed by atoms with Crippen LogP contribution in [0.3, 0.4) is 0 Å². The second-order valence-corrected chi connectivity index (χ2v) is 8.23. The summed E-state index contributed by atoms with van der Waals surface area (Å²) in [6.45, 7) is 4.40. The first-order chi connectivity index (χ1) is 10.8. The number of sulfonamides is 1. The van der Waals surface area contributed by atoms with Crippen molar-refractivity contribution < 1.29 is 8.42 Å². The second kappa shape index (κ2) is 5.74. The lowest BCUT2D eigenvalue weighted by atomic mass is 10.0. The molecule has 1 saturated heterocycles. The van der Waals surface area contributed by atoms with E-state index in [-0.39, 0.29) is 12.0 Å². The van der Waals surface area contributed by atoms with Crippen LogP contribution in [0.15, 0.2) is 35.6 Å². The molecule has 1 aliphatic rings. The van der Waals surface area contributed by atoms with Gasteiger partial charge in [0.2, 0.25) is 10.0 Å². The van der Waals surface area contributed by atoms with Gasteiger partial charge in [0.05, 0.1) is 16.9 Å². The molecule has 0 unspecified atom stereocenters. The van der Waals surface area contributed by atoms with E-state index in [0.29, 0.717) is 18.0 Å². The number of nitrogens with two attached hydrogens (primary N) is 1. The molecule has 3 rings (SSSR count). The van der Waals surface area contributed by atoms with Gasteiger partial charge in [-0.05, 0) is 31.0 Å². The molecule has 6 nitrogen and oxygen atoms in total. The van der Waals surface area contributed by atoms with Crippen LogP contribution in [0.4, 0.5) is 0 Å². The molecule has 7 heteroatoms. The standard InChI is InChI=1S/C16H22N4O2S/c1-11-4-5-12(2)16(6-11)23(21,22)20-7-13(14(17)8-20)15-9-19(3)10-18-15/h4-6,9-10,13-14H,7-8,17H2,1-3H3/t13-,14-/m1/s1. The molecule has 1 aromatic heterocycles. The van der Waals surface area contributed by atoms with Crippen molar-refractivity contribution in [3.63, 3.8) is 0 Å². The van der Waals surface area contributed by atoms with E-state index >= 15 is 0 Å². The van der Waals surface area contributed by atoms with E-state index in [2.05, 4.69) is 4.98 Å². The summed E-state index contributed by atoms with van der Waals surface area (Å²) in [6, 6.07) is 5.24. The first kappa shape index (κ1) is 16.2. The summed E-state index contributed by atoms with van der Waals surface area (Å²) >= 11 is 0. The average molecular weight is 334 g/mol. The Morgan fingerprint density at radius 2 is 2.00 bits per heavy atom. The molecule has 2 atom stereocenters. The van der Waals surface area contributed by atoms with Crippen molar-refractivity contribution in [3.05, 3.63) is 47.5 Å². The highest BCUT2D eigenvalue weighted by Crippen LogP contribution is 2.30. The van der Waals surface area contributed by atoms with E-state index in [9.17, 15) is 8.42 Å². The van der Waals surface area contributed by atoms with Crippen molar-refractivity contribution in [2.75, 3.05) is 13.1 Å². The summed E-state index contributed by atoms with van der Waals surface area (Å²) in [5.74, 6) is -0.0731. The van der Waals surface area contributed by atoms with Crippen molar-refractivity contribution in [3.8, 4) is 0 Å². The minimum Gasteiger partial charge on any atom is -0.340 e. The fourth-order valence-electron chi connectivity index (χ4n) is 3.05. The van der Waals surface area contributed by atoms with Gasteiger partial charge in [0.15, 0.2) is 0 Å². The molecule has 124 valence electrons. The maximum Gasteiger partial charge on any atom is 0.243 e. The second-order valence-electron chi connectivity index (χ2n) is 6.33. The zero-order valence-electron chi connectivity index (χ0n) is 13.6. The van der Waals surface area contributed by atoms with Crippen molar-refractivity contribution >= 4 is 10.0 Å². The highest BCUT2D eigenvalue weighted by molar-refractivity contribution is 7.89. The van der Waals surface area contributed by atoms with Gasteiger partial charge in [0.25, 0.3) is 0 Å². The number of benzene rings is 1. The van der Waals surface area contributed by atoms with Crippen LogP contribution in [0.25, 0.3) is 0 Å². The molecule has 23 heavy (non-hydrogen) atoms. The van der Waals surface area contributed by atoms with Crippen LogP contribution < -0.4 is 5.73 Å². The number of aryl methyl sites for hydroxylation is 3. The Bertz CT molecular complexity index is 828. The molecule has 0 radical (unpaired) electrons. The third-order valence-electron chi connectivity index (χ3n) is 4.40. The van der Waals surface area contributed by atoms with Gasteiger partial charge in [-0.15, -0.1) is 0 Å². The Morgan fingerprint density at radius 1 is 1.26 bits per heavy atom. The Kier molecular flexibility index (Phi) is 4.03. The Hall–Kier alpha value is -1.70. The van der Waals surface area contributed by atoms with E-state index in [1.807, 2.05) is 43.8 Å². The van der Waals surface area contributed by atoms with E-state index < -0.39 is 10.0 Å². The molecule has 2 aromatic rings. The zero-order chi connectivity index (χ0) is 16.8. The topological polar surface area (TPSA) is 81.2 Å². The number of hydrogen-bond donors (Lipinski definition) is 1. The van der Waals surface area contributed by atoms with Gasteiger partial charge < -0.3 is 10.3 Å². The fourth-order valence-corrected chi connectivity index (χ4v) is 4.86. The lowest BCUT2D eigenvalue weighted by Crippen LogP contribution is -2.32. The van der Waals surface area contributed by atoms with Crippen molar-refractivity contribution in [1.82, 2.24) is 13.9 Å². The van der Waals surface area contributed by atoms with Gasteiger partial charge in [-0.1, -0.05) is 12.1 Å². The number of hydrogen-bond acceptors (Lipinski definition) is 4. The number of imidazole rings is 1. The predicted octanol–water partition coefficient (Wildman–Crippen LogP) is 1.15. The maximum atomic E-state index is 13.0. The fraction of sp³-hybridized carbons (Fsp3) is 0.438. The molecule has 0 spiro atoms. The zero-order valence-corrected chi connectivity index (χ0v) is 14.4. The monoisotopic (exact) mass is 334 g/mol. The first-order valence-electron chi connectivity index (χ1n) is 7.60. The van der Waals surface area contributed by atoms with E-state index in [1.165, 1.54) is 4.31 Å². The van der Waals surface area contributed by atoms with Crippen LogP contribution in [0.1, 0.15) is 22.7 Å². The number of nitrogens with zero attached hydrogens (tertiary/aromatic N) is 3. The SMILES string of the molecule is Cc1ccc(C)c(S(=O)(=O)N2C[C@@H](N)[C@H](c3cn(C)cn3)C2)c1. The Balaban J connectivity index is 1.91. The molecular weight excluding hydrogens is 312 g/mol. The molecule has 1 aromatic carbocycles. The Morgan fingerprint density at radius 3 is 2.65 bits per heavy atom. The van der Waals surface area contributed by atoms with E-state index in [0.717, 1.165) is 16.8 Å². The van der Waals surface area contributed by atoms with Crippen molar-refractivity contribution in [2.24, 2.45) is 12.8 Å². The molecular formula is C16H22N4O2S. The summed E-state index contributed by atoms with van der Waals surface area (Å²) in [5, 5.41) is 0. The van der Waals surface area contributed by atoms with Crippen LogP contribution in [0.5, 0.6) is 0 Å². The molecule has 2 N–H and O–H groups in total. The largest absolute Gasteiger partial charge is 0.340 e. The van der Waals surface area contributed by atoms with Crippen LogP contribution in [-0.2, 0) is 17.1 Å². The molecule has 1 aliphatic heterocycles. The molecule has 0 saturated carbocycles. The van der Waals surface area contributed by atoms with Gasteiger partial charge >= 0.3 is 0 Å². The lowest BCUT2D eigenvalue weighted by Gasteiger charge is -2.18.